The third kappa shape index (κ3) is 2.85. The Morgan fingerprint density at radius 2 is 1.60 bits per heavy atom. The molecule has 0 N–H and O–H groups in total. The highest BCUT2D eigenvalue weighted by Gasteiger charge is 2.15. The van der Waals surface area contributed by atoms with Gasteiger partial charge in [0.15, 0.2) is 0 Å². The summed E-state index contributed by atoms with van der Waals surface area (Å²) in [6.45, 7) is 0. The summed E-state index contributed by atoms with van der Waals surface area (Å²) in [5, 5.41) is 3.88. The van der Waals surface area contributed by atoms with Crippen molar-refractivity contribution in [3.63, 3.8) is 0 Å². The number of para-hydroxylation sites is 1. The number of allylic oxidation sites excluding steroid dienone is 4. The highest BCUT2D eigenvalue weighted by molar-refractivity contribution is 9.13. The lowest BCUT2D eigenvalue weighted by Gasteiger charge is -2.14. The Morgan fingerprint density at radius 3 is 2.47 bits per heavy atom. The van der Waals surface area contributed by atoms with Gasteiger partial charge in [-0.1, -0.05) is 48.6 Å². The number of hydrogen-bond donors (Lipinski definition) is 0. The van der Waals surface area contributed by atoms with Crippen molar-refractivity contribution in [2.75, 3.05) is 0 Å². The average Bonchev–Trinajstić information content (AvgIpc) is 3.27. The van der Waals surface area contributed by atoms with Crippen molar-refractivity contribution < 1.29 is 0 Å². The minimum absolute atomic E-state index is 1.07. The molecule has 1 nitrogen and oxygen atoms in total. The highest BCUT2D eigenvalue weighted by Crippen LogP contribution is 2.42. The quantitative estimate of drug-likeness (QED) is 0.212. The van der Waals surface area contributed by atoms with Crippen LogP contribution in [0.25, 0.3) is 48.7 Å². The molecule has 146 valence electrons. The van der Waals surface area contributed by atoms with Crippen molar-refractivity contribution in [3.05, 3.63) is 87.2 Å². The molecule has 0 unspecified atom stereocenters. The van der Waals surface area contributed by atoms with Gasteiger partial charge >= 0.3 is 0 Å². The molecule has 0 amide bonds. The molecule has 5 aromatic rings. The molecule has 0 spiro atoms. The summed E-state index contributed by atoms with van der Waals surface area (Å²) in [7, 11) is 0. The molecule has 0 saturated carbocycles. The van der Waals surface area contributed by atoms with Crippen LogP contribution in [0.1, 0.15) is 12.8 Å². The fourth-order valence-electron chi connectivity index (χ4n) is 4.45. The molecule has 0 bridgehead atoms. The van der Waals surface area contributed by atoms with Crippen LogP contribution in [-0.2, 0) is 0 Å². The van der Waals surface area contributed by atoms with Gasteiger partial charge in [-0.15, -0.1) is 11.3 Å². The first-order valence-corrected chi connectivity index (χ1v) is 12.4. The lowest BCUT2D eigenvalue weighted by molar-refractivity contribution is 0.979. The predicted octanol–water partition coefficient (Wildman–Crippen LogP) is 9.39. The Labute approximate surface area is 195 Å². The van der Waals surface area contributed by atoms with E-state index in [0.717, 1.165) is 21.1 Å². The van der Waals surface area contributed by atoms with Crippen LogP contribution in [-0.4, -0.2) is 4.57 Å². The first-order chi connectivity index (χ1) is 14.7. The Kier molecular flexibility index (Phi) is 4.48. The molecule has 4 heteroatoms. The molecule has 30 heavy (non-hydrogen) atoms. The fraction of sp³-hybridized carbons (Fsp3) is 0.0769. The zero-order valence-corrected chi connectivity index (χ0v) is 20.0. The standard InChI is InChI=1S/C26H17Br2NS/c27-25-20-12-10-17(15-24(20)30-26(25)28)16-11-13-23-21(14-16)19-8-4-5-9-22(19)29(23)18-6-2-1-3-7-18/h1-2,4-6,8-15H,3,7H2. The van der Waals surface area contributed by atoms with Crippen LogP contribution in [0.3, 0.4) is 0 Å². The summed E-state index contributed by atoms with van der Waals surface area (Å²) in [4.78, 5) is 0. The maximum absolute atomic E-state index is 3.68. The minimum atomic E-state index is 1.07. The second kappa shape index (κ2) is 7.23. The molecule has 0 saturated heterocycles. The van der Waals surface area contributed by atoms with Crippen molar-refractivity contribution in [1.82, 2.24) is 4.57 Å². The van der Waals surface area contributed by atoms with Gasteiger partial charge in [-0.05, 0) is 86.2 Å². The van der Waals surface area contributed by atoms with Gasteiger partial charge in [0.1, 0.15) is 0 Å². The first kappa shape index (κ1) is 18.6. The molecule has 2 aromatic heterocycles. The van der Waals surface area contributed by atoms with E-state index < -0.39 is 0 Å². The van der Waals surface area contributed by atoms with E-state index in [2.05, 4.69) is 115 Å². The summed E-state index contributed by atoms with van der Waals surface area (Å²) in [6, 6.07) is 22.4. The number of hydrogen-bond acceptors (Lipinski definition) is 1. The van der Waals surface area contributed by atoms with E-state index in [1.54, 1.807) is 11.3 Å². The molecule has 0 aliphatic heterocycles. The van der Waals surface area contributed by atoms with Crippen LogP contribution in [0.15, 0.2) is 87.2 Å². The Morgan fingerprint density at radius 1 is 0.800 bits per heavy atom. The zero-order chi connectivity index (χ0) is 20.2. The van der Waals surface area contributed by atoms with Crippen LogP contribution in [0.5, 0.6) is 0 Å². The number of rotatable bonds is 2. The van der Waals surface area contributed by atoms with E-state index in [1.807, 2.05) is 0 Å². The first-order valence-electron chi connectivity index (χ1n) is 9.98. The van der Waals surface area contributed by atoms with Gasteiger partial charge in [0.2, 0.25) is 0 Å². The lowest BCUT2D eigenvalue weighted by atomic mass is 10.0. The number of thiophene rings is 1. The molecule has 6 rings (SSSR count). The summed E-state index contributed by atoms with van der Waals surface area (Å²) < 4.78 is 6.01. The molecule has 2 heterocycles. The van der Waals surface area contributed by atoms with Crippen molar-refractivity contribution in [3.8, 4) is 11.1 Å². The van der Waals surface area contributed by atoms with Crippen LogP contribution in [0, 0.1) is 0 Å². The van der Waals surface area contributed by atoms with Crippen molar-refractivity contribution in [2.24, 2.45) is 0 Å². The Balaban J connectivity index is 1.59. The van der Waals surface area contributed by atoms with Gasteiger partial charge in [0.25, 0.3) is 0 Å². The summed E-state index contributed by atoms with van der Waals surface area (Å²) in [6.07, 6.45) is 8.85. The van der Waals surface area contributed by atoms with Gasteiger partial charge < -0.3 is 4.57 Å². The topological polar surface area (TPSA) is 4.93 Å². The smallest absolute Gasteiger partial charge is 0.0853 e. The van der Waals surface area contributed by atoms with Gasteiger partial charge in [-0.2, -0.15) is 0 Å². The number of benzene rings is 3. The second-order valence-corrected chi connectivity index (χ2v) is 10.8. The van der Waals surface area contributed by atoms with Gasteiger partial charge in [-0.25, -0.2) is 0 Å². The molecule has 1 aliphatic carbocycles. The van der Waals surface area contributed by atoms with Crippen molar-refractivity contribution in [2.45, 2.75) is 12.8 Å². The predicted molar refractivity (Wildman–Crippen MR) is 138 cm³/mol. The number of fused-ring (bicyclic) bond motifs is 4. The Bertz CT molecular complexity index is 1520. The van der Waals surface area contributed by atoms with Crippen LogP contribution in [0.2, 0.25) is 0 Å². The Hall–Kier alpha value is -2.14. The summed E-state index contributed by atoms with van der Waals surface area (Å²) >= 11 is 9.10. The SMILES string of the molecule is Brc1sc2cc(-c3ccc4c(c3)c3ccccc3n4C3=CC=CCC3)ccc2c1Br. The van der Waals surface area contributed by atoms with E-state index >= 15 is 0 Å². The monoisotopic (exact) mass is 533 g/mol. The van der Waals surface area contributed by atoms with E-state index in [0.29, 0.717) is 0 Å². The van der Waals surface area contributed by atoms with E-state index in [-0.39, 0.29) is 0 Å². The molecule has 3 aromatic carbocycles. The van der Waals surface area contributed by atoms with E-state index in [1.165, 1.54) is 48.7 Å². The molecule has 0 radical (unpaired) electrons. The van der Waals surface area contributed by atoms with E-state index in [4.69, 9.17) is 0 Å². The highest BCUT2D eigenvalue weighted by atomic mass is 79.9. The van der Waals surface area contributed by atoms with Gasteiger partial charge in [0.05, 0.1) is 19.3 Å². The maximum atomic E-state index is 3.68. The normalized spacial score (nSPS) is 14.1. The number of nitrogens with zero attached hydrogens (tertiary/aromatic N) is 1. The third-order valence-electron chi connectivity index (χ3n) is 5.88. The number of halogens is 2. The van der Waals surface area contributed by atoms with Gasteiger partial charge in [-0.3, -0.25) is 0 Å². The van der Waals surface area contributed by atoms with Crippen LogP contribution < -0.4 is 0 Å². The molecular formula is C26H17Br2NS. The minimum Gasteiger partial charge on any atom is -0.313 e. The van der Waals surface area contributed by atoms with E-state index in [9.17, 15) is 0 Å². The third-order valence-corrected chi connectivity index (χ3v) is 9.32. The molecule has 1 aliphatic rings. The zero-order valence-electron chi connectivity index (χ0n) is 16.0. The summed E-state index contributed by atoms with van der Waals surface area (Å²) in [5.74, 6) is 0. The molecule has 0 atom stereocenters. The molecular weight excluding hydrogens is 518 g/mol. The van der Waals surface area contributed by atoms with Gasteiger partial charge in [0, 0.05) is 26.6 Å². The second-order valence-electron chi connectivity index (χ2n) is 7.61. The van der Waals surface area contributed by atoms with Crippen LogP contribution in [0.4, 0.5) is 0 Å². The molecule has 0 fully saturated rings. The fourth-order valence-corrected chi connectivity index (χ4v) is 6.77. The number of aromatic nitrogens is 1. The van der Waals surface area contributed by atoms with Crippen molar-refractivity contribution in [1.29, 1.82) is 0 Å². The van der Waals surface area contributed by atoms with Crippen LogP contribution >= 0.6 is 43.2 Å². The largest absolute Gasteiger partial charge is 0.313 e. The average molecular weight is 535 g/mol. The lowest BCUT2D eigenvalue weighted by Crippen LogP contribution is -1.98. The van der Waals surface area contributed by atoms with Crippen molar-refractivity contribution >= 4 is 80.8 Å². The summed E-state index contributed by atoms with van der Waals surface area (Å²) in [5.41, 5.74) is 6.44. The maximum Gasteiger partial charge on any atom is 0.0853 e.